The van der Waals surface area contributed by atoms with Crippen molar-refractivity contribution in [3.8, 4) is 0 Å². The summed E-state index contributed by atoms with van der Waals surface area (Å²) < 4.78 is 2.07. The highest BCUT2D eigenvalue weighted by molar-refractivity contribution is 4.88. The number of nitrogens with zero attached hydrogens (tertiary/aromatic N) is 3. The zero-order valence-corrected chi connectivity index (χ0v) is 8.40. The first kappa shape index (κ1) is 10.2. The smallest absolute Gasteiger partial charge is 0.133 e. The lowest BCUT2D eigenvalue weighted by atomic mass is 10.0. The molecule has 0 aromatic carbocycles. The van der Waals surface area contributed by atoms with Gasteiger partial charge < -0.3 is 10.3 Å². The van der Waals surface area contributed by atoms with Gasteiger partial charge in [0.2, 0.25) is 0 Å². The quantitative estimate of drug-likeness (QED) is 0.733. The molecule has 0 spiro atoms. The first-order valence-corrected chi connectivity index (χ1v) is 4.88. The average molecular weight is 182 g/mol. The van der Waals surface area contributed by atoms with Crippen LogP contribution in [0.1, 0.15) is 26.1 Å². The number of hydrogen-bond donors (Lipinski definition) is 1. The average Bonchev–Trinajstić information content (AvgIpc) is 2.61. The highest BCUT2D eigenvalue weighted by atomic mass is 15.3. The van der Waals surface area contributed by atoms with E-state index in [4.69, 9.17) is 5.73 Å². The van der Waals surface area contributed by atoms with Gasteiger partial charge in [0.1, 0.15) is 12.2 Å². The van der Waals surface area contributed by atoms with Crippen LogP contribution in [0.4, 0.5) is 0 Å². The van der Waals surface area contributed by atoms with Crippen LogP contribution in [0.25, 0.3) is 0 Å². The van der Waals surface area contributed by atoms with E-state index in [9.17, 15) is 0 Å². The predicted octanol–water partition coefficient (Wildman–Crippen LogP) is 0.825. The molecule has 0 aliphatic heterocycles. The number of aryl methyl sites for hydroxylation is 1. The fourth-order valence-electron chi connectivity index (χ4n) is 1.35. The van der Waals surface area contributed by atoms with Gasteiger partial charge in [0, 0.05) is 13.0 Å². The van der Waals surface area contributed by atoms with Crippen molar-refractivity contribution in [3.05, 3.63) is 12.2 Å². The molecule has 0 saturated heterocycles. The maximum atomic E-state index is 5.63. The first-order valence-electron chi connectivity index (χ1n) is 4.88. The summed E-state index contributed by atoms with van der Waals surface area (Å²) >= 11 is 0. The normalized spacial score (nSPS) is 13.2. The molecule has 13 heavy (non-hydrogen) atoms. The van der Waals surface area contributed by atoms with Crippen LogP contribution >= 0.6 is 0 Å². The Kier molecular flexibility index (Phi) is 3.89. The summed E-state index contributed by atoms with van der Waals surface area (Å²) in [6.45, 7) is 5.91. The lowest BCUT2D eigenvalue weighted by molar-refractivity contribution is 0.491. The summed E-state index contributed by atoms with van der Waals surface area (Å²) in [6.07, 6.45) is 3.83. The molecule has 0 radical (unpaired) electrons. The lowest BCUT2D eigenvalue weighted by Gasteiger charge is -2.11. The van der Waals surface area contributed by atoms with E-state index in [0.717, 1.165) is 31.8 Å². The van der Waals surface area contributed by atoms with Crippen LogP contribution in [0, 0.1) is 5.92 Å². The second kappa shape index (κ2) is 4.97. The lowest BCUT2D eigenvalue weighted by Crippen LogP contribution is -2.18. The van der Waals surface area contributed by atoms with E-state index in [1.54, 1.807) is 6.33 Å². The van der Waals surface area contributed by atoms with Gasteiger partial charge >= 0.3 is 0 Å². The van der Waals surface area contributed by atoms with Gasteiger partial charge in [-0.15, -0.1) is 10.2 Å². The molecule has 2 N–H and O–H groups in total. The zero-order valence-electron chi connectivity index (χ0n) is 8.40. The number of aromatic nitrogens is 3. The van der Waals surface area contributed by atoms with Crippen LogP contribution in [-0.4, -0.2) is 21.3 Å². The van der Waals surface area contributed by atoms with E-state index >= 15 is 0 Å². The molecule has 1 atom stereocenters. The second-order valence-corrected chi connectivity index (χ2v) is 3.25. The summed E-state index contributed by atoms with van der Waals surface area (Å²) in [5.74, 6) is 1.59. The monoisotopic (exact) mass is 182 g/mol. The molecule has 4 nitrogen and oxygen atoms in total. The molecule has 0 fully saturated rings. The van der Waals surface area contributed by atoms with Crippen LogP contribution in [-0.2, 0) is 13.0 Å². The van der Waals surface area contributed by atoms with Gasteiger partial charge in [-0.2, -0.15) is 0 Å². The summed E-state index contributed by atoms with van der Waals surface area (Å²) in [4.78, 5) is 0. The molecular weight excluding hydrogens is 164 g/mol. The Balaban J connectivity index is 2.61. The second-order valence-electron chi connectivity index (χ2n) is 3.25. The molecule has 1 heterocycles. The van der Waals surface area contributed by atoms with E-state index in [1.165, 1.54) is 0 Å². The maximum absolute atomic E-state index is 5.63. The van der Waals surface area contributed by atoms with Crippen LogP contribution in [0.5, 0.6) is 0 Å². The van der Waals surface area contributed by atoms with E-state index in [-0.39, 0.29) is 0 Å². The summed E-state index contributed by atoms with van der Waals surface area (Å²) in [6, 6.07) is 0. The Labute approximate surface area is 79.2 Å². The molecule has 1 rings (SSSR count). The summed E-state index contributed by atoms with van der Waals surface area (Å²) in [5.41, 5.74) is 5.63. The Bertz CT molecular complexity index is 240. The van der Waals surface area contributed by atoms with Crippen molar-refractivity contribution >= 4 is 0 Å². The van der Waals surface area contributed by atoms with Gasteiger partial charge in [-0.25, -0.2) is 0 Å². The SMILES string of the molecule is CCC(CN)Cc1nncn1CC. The van der Waals surface area contributed by atoms with Crippen molar-refractivity contribution in [3.63, 3.8) is 0 Å². The van der Waals surface area contributed by atoms with Crippen LogP contribution < -0.4 is 5.73 Å². The third kappa shape index (κ3) is 2.52. The van der Waals surface area contributed by atoms with Crippen LogP contribution in [0.2, 0.25) is 0 Å². The molecule has 0 aliphatic rings. The van der Waals surface area contributed by atoms with Gasteiger partial charge in [0.15, 0.2) is 0 Å². The molecule has 1 unspecified atom stereocenters. The molecule has 74 valence electrons. The fraction of sp³-hybridized carbons (Fsp3) is 0.778. The van der Waals surface area contributed by atoms with E-state index in [1.807, 2.05) is 0 Å². The van der Waals surface area contributed by atoms with Gasteiger partial charge in [-0.3, -0.25) is 0 Å². The van der Waals surface area contributed by atoms with Crippen LogP contribution in [0.3, 0.4) is 0 Å². The Hall–Kier alpha value is -0.900. The molecule has 1 aromatic heterocycles. The van der Waals surface area contributed by atoms with Crippen molar-refractivity contribution < 1.29 is 0 Å². The third-order valence-electron chi connectivity index (χ3n) is 2.42. The standard InChI is InChI=1S/C9H18N4/c1-3-8(6-10)5-9-12-11-7-13(9)4-2/h7-8H,3-6,10H2,1-2H3. The topological polar surface area (TPSA) is 56.7 Å². The Morgan fingerprint density at radius 3 is 2.85 bits per heavy atom. The number of hydrogen-bond acceptors (Lipinski definition) is 3. The highest BCUT2D eigenvalue weighted by Crippen LogP contribution is 2.08. The third-order valence-corrected chi connectivity index (χ3v) is 2.42. The summed E-state index contributed by atoms with van der Waals surface area (Å²) in [7, 11) is 0. The Morgan fingerprint density at radius 1 is 1.54 bits per heavy atom. The molecule has 1 aromatic rings. The van der Waals surface area contributed by atoms with Crippen molar-refractivity contribution in [2.24, 2.45) is 11.7 Å². The minimum atomic E-state index is 0.537. The van der Waals surface area contributed by atoms with Crippen molar-refractivity contribution in [2.45, 2.75) is 33.2 Å². The number of rotatable bonds is 5. The minimum Gasteiger partial charge on any atom is -0.330 e. The van der Waals surface area contributed by atoms with Crippen LogP contribution in [0.15, 0.2) is 6.33 Å². The first-order chi connectivity index (χ1) is 6.31. The highest BCUT2D eigenvalue weighted by Gasteiger charge is 2.09. The van der Waals surface area contributed by atoms with Gasteiger partial charge in [-0.05, 0) is 19.4 Å². The molecule has 4 heteroatoms. The summed E-state index contributed by atoms with van der Waals surface area (Å²) in [5, 5.41) is 7.97. The Morgan fingerprint density at radius 2 is 2.31 bits per heavy atom. The van der Waals surface area contributed by atoms with Crippen molar-refractivity contribution in [1.82, 2.24) is 14.8 Å². The van der Waals surface area contributed by atoms with Crippen molar-refractivity contribution in [2.75, 3.05) is 6.54 Å². The molecule has 0 saturated carbocycles. The zero-order chi connectivity index (χ0) is 9.68. The fourth-order valence-corrected chi connectivity index (χ4v) is 1.35. The molecule has 0 aliphatic carbocycles. The van der Waals surface area contributed by atoms with Gasteiger partial charge in [0.05, 0.1) is 0 Å². The van der Waals surface area contributed by atoms with E-state index < -0.39 is 0 Å². The van der Waals surface area contributed by atoms with E-state index in [2.05, 4.69) is 28.6 Å². The molecular formula is C9H18N4. The van der Waals surface area contributed by atoms with Gasteiger partial charge in [-0.1, -0.05) is 13.3 Å². The molecule has 0 amide bonds. The largest absolute Gasteiger partial charge is 0.330 e. The predicted molar refractivity (Wildman–Crippen MR) is 52.2 cm³/mol. The van der Waals surface area contributed by atoms with Crippen molar-refractivity contribution in [1.29, 1.82) is 0 Å². The maximum Gasteiger partial charge on any atom is 0.133 e. The number of nitrogens with two attached hydrogens (primary N) is 1. The molecule has 0 bridgehead atoms. The van der Waals surface area contributed by atoms with E-state index in [0.29, 0.717) is 5.92 Å². The van der Waals surface area contributed by atoms with Gasteiger partial charge in [0.25, 0.3) is 0 Å². The minimum absolute atomic E-state index is 0.537.